The summed E-state index contributed by atoms with van der Waals surface area (Å²) < 4.78 is 6.77. The van der Waals surface area contributed by atoms with E-state index >= 15 is 0 Å². The van der Waals surface area contributed by atoms with Gasteiger partial charge in [-0.15, -0.1) is 0 Å². The van der Waals surface area contributed by atoms with Gasteiger partial charge in [0.15, 0.2) is 5.65 Å². The fourth-order valence-electron chi connectivity index (χ4n) is 2.36. The first-order valence-corrected chi connectivity index (χ1v) is 7.92. The lowest BCUT2D eigenvalue weighted by Gasteiger charge is -2.12. The fourth-order valence-corrected chi connectivity index (χ4v) is 2.58. The Balaban J connectivity index is 1.98. The smallest absolute Gasteiger partial charge is 0.226 e. The van der Waals surface area contributed by atoms with Gasteiger partial charge >= 0.3 is 0 Å². The first kappa shape index (κ1) is 16.5. The van der Waals surface area contributed by atoms with Crippen molar-refractivity contribution in [3.8, 4) is 0 Å². The Kier molecular flexibility index (Phi) is 4.82. The Morgan fingerprint density at radius 3 is 2.88 bits per heavy atom. The highest BCUT2D eigenvalue weighted by atomic mass is 35.5. The van der Waals surface area contributed by atoms with Crippen LogP contribution in [0, 0.1) is 6.92 Å². The molecule has 126 valence electrons. The van der Waals surface area contributed by atoms with Crippen LogP contribution in [0.5, 0.6) is 0 Å². The fraction of sp³-hybridized carbons (Fsp3) is 0.312. The molecular weight excluding hydrogens is 328 g/mol. The number of fused-ring (bicyclic) bond motifs is 1. The summed E-state index contributed by atoms with van der Waals surface area (Å²) in [6.07, 6.45) is 1.75. The summed E-state index contributed by atoms with van der Waals surface area (Å²) in [6.45, 7) is 3.19. The Morgan fingerprint density at radius 1 is 1.29 bits per heavy atom. The quantitative estimate of drug-likeness (QED) is 0.668. The lowest BCUT2D eigenvalue weighted by atomic mass is 10.2. The number of benzene rings is 1. The highest BCUT2D eigenvalue weighted by Gasteiger charge is 2.12. The summed E-state index contributed by atoms with van der Waals surface area (Å²) in [7, 11) is 3.51. The number of nitrogens with zero attached hydrogens (tertiary/aromatic N) is 4. The van der Waals surface area contributed by atoms with Crippen molar-refractivity contribution in [3.63, 3.8) is 0 Å². The average Bonchev–Trinajstić information content (AvgIpc) is 2.92. The number of halogens is 1. The molecule has 3 aromatic rings. The second kappa shape index (κ2) is 7.02. The molecule has 2 N–H and O–H groups in total. The zero-order chi connectivity index (χ0) is 17.1. The highest BCUT2D eigenvalue weighted by molar-refractivity contribution is 6.30. The van der Waals surface area contributed by atoms with Gasteiger partial charge in [0.05, 0.1) is 18.2 Å². The topological polar surface area (TPSA) is 76.9 Å². The lowest BCUT2D eigenvalue weighted by molar-refractivity contribution is 0.210. The van der Waals surface area contributed by atoms with E-state index in [1.165, 1.54) is 0 Å². The van der Waals surface area contributed by atoms with Crippen LogP contribution in [0.2, 0.25) is 5.02 Å². The molecule has 0 bridgehead atoms. The second-order valence-electron chi connectivity index (χ2n) is 5.41. The van der Waals surface area contributed by atoms with Crippen molar-refractivity contribution in [3.05, 3.63) is 35.0 Å². The van der Waals surface area contributed by atoms with Crippen molar-refractivity contribution in [2.75, 3.05) is 30.9 Å². The molecule has 0 fully saturated rings. The van der Waals surface area contributed by atoms with Crippen molar-refractivity contribution in [1.29, 1.82) is 0 Å². The van der Waals surface area contributed by atoms with Gasteiger partial charge in [-0.2, -0.15) is 15.1 Å². The highest BCUT2D eigenvalue weighted by Crippen LogP contribution is 2.27. The van der Waals surface area contributed by atoms with Crippen LogP contribution in [0.3, 0.4) is 0 Å². The molecule has 0 aliphatic carbocycles. The van der Waals surface area contributed by atoms with Crippen LogP contribution in [0.25, 0.3) is 11.0 Å². The Labute approximate surface area is 145 Å². The summed E-state index contributed by atoms with van der Waals surface area (Å²) in [5, 5.41) is 12.3. The summed E-state index contributed by atoms with van der Waals surface area (Å²) in [5.74, 6) is 1.22. The molecule has 7 nitrogen and oxygen atoms in total. The molecule has 0 saturated heterocycles. The number of hydrogen-bond donors (Lipinski definition) is 2. The molecule has 0 aliphatic heterocycles. The van der Waals surface area contributed by atoms with Gasteiger partial charge in [-0.3, -0.25) is 4.68 Å². The van der Waals surface area contributed by atoms with E-state index < -0.39 is 0 Å². The van der Waals surface area contributed by atoms with Crippen LogP contribution in [-0.2, 0) is 11.8 Å². The molecule has 24 heavy (non-hydrogen) atoms. The summed E-state index contributed by atoms with van der Waals surface area (Å²) in [5.41, 5.74) is 2.72. The number of aromatic nitrogens is 4. The van der Waals surface area contributed by atoms with Crippen LogP contribution >= 0.6 is 11.6 Å². The molecule has 0 amide bonds. The van der Waals surface area contributed by atoms with Crippen LogP contribution in [0.4, 0.5) is 17.5 Å². The van der Waals surface area contributed by atoms with Crippen molar-refractivity contribution >= 4 is 40.1 Å². The number of rotatable bonds is 6. The standard InChI is InChI=1S/C16H19ClN6O/c1-10-8-11(17)4-5-13(10)20-14-12-9-19-23(2)15(12)22-16(21-14)18-6-7-24-3/h4-5,8-9H,6-7H2,1-3H3,(H2,18,20,21,22). The lowest BCUT2D eigenvalue weighted by Crippen LogP contribution is -2.11. The van der Waals surface area contributed by atoms with Gasteiger partial charge in [-0.1, -0.05) is 11.6 Å². The van der Waals surface area contributed by atoms with E-state index in [2.05, 4.69) is 25.7 Å². The van der Waals surface area contributed by atoms with Crippen molar-refractivity contribution in [1.82, 2.24) is 19.7 Å². The van der Waals surface area contributed by atoms with Gasteiger partial charge in [0.1, 0.15) is 5.82 Å². The zero-order valence-electron chi connectivity index (χ0n) is 13.8. The molecule has 0 radical (unpaired) electrons. The average molecular weight is 347 g/mol. The first-order chi connectivity index (χ1) is 11.6. The molecule has 2 aromatic heterocycles. The van der Waals surface area contributed by atoms with E-state index in [9.17, 15) is 0 Å². The number of aryl methyl sites for hydroxylation is 2. The minimum Gasteiger partial charge on any atom is -0.383 e. The Bertz CT molecular complexity index is 863. The molecule has 1 aromatic carbocycles. The van der Waals surface area contributed by atoms with Gasteiger partial charge < -0.3 is 15.4 Å². The Morgan fingerprint density at radius 2 is 2.12 bits per heavy atom. The summed E-state index contributed by atoms with van der Waals surface area (Å²) >= 11 is 6.03. The number of anilines is 3. The van der Waals surface area contributed by atoms with Gasteiger partial charge in [-0.25, -0.2) is 0 Å². The number of nitrogens with one attached hydrogen (secondary N) is 2. The van der Waals surface area contributed by atoms with E-state index in [0.717, 1.165) is 22.3 Å². The molecule has 0 atom stereocenters. The van der Waals surface area contributed by atoms with E-state index in [0.29, 0.717) is 29.9 Å². The van der Waals surface area contributed by atoms with Gasteiger partial charge in [-0.05, 0) is 30.7 Å². The van der Waals surface area contributed by atoms with Crippen LogP contribution in [-0.4, -0.2) is 40.0 Å². The summed E-state index contributed by atoms with van der Waals surface area (Å²) in [6, 6.07) is 5.68. The number of hydrogen-bond acceptors (Lipinski definition) is 6. The van der Waals surface area contributed by atoms with E-state index in [4.69, 9.17) is 16.3 Å². The minimum absolute atomic E-state index is 0.525. The zero-order valence-corrected chi connectivity index (χ0v) is 14.6. The largest absolute Gasteiger partial charge is 0.383 e. The molecule has 0 saturated carbocycles. The van der Waals surface area contributed by atoms with Crippen molar-refractivity contribution in [2.45, 2.75) is 6.92 Å². The van der Waals surface area contributed by atoms with E-state index in [1.807, 2.05) is 32.2 Å². The molecule has 0 unspecified atom stereocenters. The predicted molar refractivity (Wildman–Crippen MR) is 96.1 cm³/mol. The third kappa shape index (κ3) is 3.42. The van der Waals surface area contributed by atoms with Crippen LogP contribution in [0.1, 0.15) is 5.56 Å². The second-order valence-corrected chi connectivity index (χ2v) is 5.84. The maximum absolute atomic E-state index is 6.03. The Hall–Kier alpha value is -2.38. The van der Waals surface area contributed by atoms with Gasteiger partial charge in [0.2, 0.25) is 5.95 Å². The van der Waals surface area contributed by atoms with Crippen molar-refractivity contribution in [2.24, 2.45) is 7.05 Å². The number of methoxy groups -OCH3 is 1. The molecule has 3 rings (SSSR count). The van der Waals surface area contributed by atoms with Crippen LogP contribution < -0.4 is 10.6 Å². The molecule has 0 spiro atoms. The monoisotopic (exact) mass is 346 g/mol. The van der Waals surface area contributed by atoms with Crippen molar-refractivity contribution < 1.29 is 4.74 Å². The predicted octanol–water partition coefficient (Wildman–Crippen LogP) is 3.13. The number of ether oxygens (including phenoxy) is 1. The molecule has 8 heteroatoms. The van der Waals surface area contributed by atoms with Gasteiger partial charge in [0, 0.05) is 31.4 Å². The first-order valence-electron chi connectivity index (χ1n) is 7.54. The van der Waals surface area contributed by atoms with Crippen LogP contribution in [0.15, 0.2) is 24.4 Å². The third-order valence-electron chi connectivity index (χ3n) is 3.62. The molecular formula is C16H19ClN6O. The SMILES string of the molecule is COCCNc1nc(Nc2ccc(Cl)cc2C)c2cnn(C)c2n1. The van der Waals surface area contributed by atoms with E-state index in [-0.39, 0.29) is 0 Å². The molecule has 0 aliphatic rings. The third-order valence-corrected chi connectivity index (χ3v) is 3.86. The maximum Gasteiger partial charge on any atom is 0.226 e. The maximum atomic E-state index is 6.03. The van der Waals surface area contributed by atoms with E-state index in [1.54, 1.807) is 18.0 Å². The molecule has 2 heterocycles. The van der Waals surface area contributed by atoms with Gasteiger partial charge in [0.25, 0.3) is 0 Å². The normalized spacial score (nSPS) is 11.0. The summed E-state index contributed by atoms with van der Waals surface area (Å²) in [4.78, 5) is 9.08. The minimum atomic E-state index is 0.525.